The number of nitrogen functional groups attached to an aromatic ring is 1. The molecule has 0 atom stereocenters. The number of aromatic nitrogens is 2. The highest BCUT2D eigenvalue weighted by Crippen LogP contribution is 2.30. The number of nitrogens with two attached hydrogens (primary N) is 1. The Hall–Kier alpha value is -1.41. The number of hydrogen-bond acceptors (Lipinski definition) is 5. The molecular weight excluding hydrogens is 371 g/mol. The third-order valence-corrected chi connectivity index (χ3v) is 4.24. The number of thiophene rings is 1. The standard InChI is InChI=1S/C13H11IN4S/c1-7-5-10-11(17-13(15)18-12(10)19-7)16-9-4-2-3-8(14)6-9/h2-6H,1H3,(H3,15,16,17,18). The van der Waals surface area contributed by atoms with Crippen LogP contribution < -0.4 is 11.1 Å². The van der Waals surface area contributed by atoms with Crippen LogP contribution in [0.1, 0.15) is 4.88 Å². The van der Waals surface area contributed by atoms with E-state index in [0.717, 1.165) is 21.7 Å². The number of fused-ring (bicyclic) bond motifs is 1. The van der Waals surface area contributed by atoms with Gasteiger partial charge in [0.05, 0.1) is 5.39 Å². The van der Waals surface area contributed by atoms with Crippen molar-refractivity contribution in [2.24, 2.45) is 0 Å². The summed E-state index contributed by atoms with van der Waals surface area (Å²) in [6, 6.07) is 10.2. The van der Waals surface area contributed by atoms with Gasteiger partial charge in [0.15, 0.2) is 0 Å². The van der Waals surface area contributed by atoms with E-state index in [-0.39, 0.29) is 0 Å². The molecule has 19 heavy (non-hydrogen) atoms. The first-order valence-corrected chi connectivity index (χ1v) is 7.57. The molecule has 0 aliphatic rings. The minimum absolute atomic E-state index is 0.294. The van der Waals surface area contributed by atoms with Gasteiger partial charge in [0, 0.05) is 14.1 Å². The molecule has 0 fully saturated rings. The topological polar surface area (TPSA) is 63.8 Å². The zero-order valence-corrected chi connectivity index (χ0v) is 13.1. The number of aryl methyl sites for hydroxylation is 1. The summed E-state index contributed by atoms with van der Waals surface area (Å²) >= 11 is 3.90. The molecule has 0 aliphatic heterocycles. The number of hydrogen-bond donors (Lipinski definition) is 2. The van der Waals surface area contributed by atoms with Crippen LogP contribution in [0.4, 0.5) is 17.5 Å². The van der Waals surface area contributed by atoms with Crippen molar-refractivity contribution in [1.29, 1.82) is 0 Å². The maximum absolute atomic E-state index is 5.76. The summed E-state index contributed by atoms with van der Waals surface area (Å²) in [5.41, 5.74) is 6.76. The van der Waals surface area contributed by atoms with Gasteiger partial charge in [0.25, 0.3) is 0 Å². The van der Waals surface area contributed by atoms with Crippen LogP contribution in [0.15, 0.2) is 30.3 Å². The fourth-order valence-electron chi connectivity index (χ4n) is 1.86. The SMILES string of the molecule is Cc1cc2c(Nc3cccc(I)c3)nc(N)nc2s1. The fraction of sp³-hybridized carbons (Fsp3) is 0.0769. The maximum Gasteiger partial charge on any atom is 0.223 e. The molecule has 6 heteroatoms. The number of nitrogens with one attached hydrogen (secondary N) is 1. The highest BCUT2D eigenvalue weighted by atomic mass is 127. The first-order valence-electron chi connectivity index (χ1n) is 5.68. The second kappa shape index (κ2) is 4.93. The quantitative estimate of drug-likeness (QED) is 0.660. The summed E-state index contributed by atoms with van der Waals surface area (Å²) in [6.07, 6.45) is 0. The Balaban J connectivity index is 2.09. The average Bonchev–Trinajstić information content (AvgIpc) is 2.69. The van der Waals surface area contributed by atoms with E-state index in [0.29, 0.717) is 5.95 Å². The van der Waals surface area contributed by atoms with Crippen molar-refractivity contribution < 1.29 is 0 Å². The predicted molar refractivity (Wildman–Crippen MR) is 89.0 cm³/mol. The van der Waals surface area contributed by atoms with Crippen LogP contribution in [0.2, 0.25) is 0 Å². The van der Waals surface area contributed by atoms with E-state index < -0.39 is 0 Å². The summed E-state index contributed by atoms with van der Waals surface area (Å²) in [5.74, 6) is 1.05. The lowest BCUT2D eigenvalue weighted by Crippen LogP contribution is -2.00. The van der Waals surface area contributed by atoms with Gasteiger partial charge in [-0.25, -0.2) is 4.98 Å². The summed E-state index contributed by atoms with van der Waals surface area (Å²) in [7, 11) is 0. The number of nitrogens with zero attached hydrogens (tertiary/aromatic N) is 2. The van der Waals surface area contributed by atoms with Gasteiger partial charge < -0.3 is 11.1 Å². The van der Waals surface area contributed by atoms with Crippen LogP contribution in [0.25, 0.3) is 10.2 Å². The summed E-state index contributed by atoms with van der Waals surface area (Å²) in [5, 5.41) is 4.32. The van der Waals surface area contributed by atoms with Crippen molar-refractivity contribution in [2.75, 3.05) is 11.1 Å². The van der Waals surface area contributed by atoms with Crippen LogP contribution in [0.3, 0.4) is 0 Å². The van der Waals surface area contributed by atoms with E-state index in [1.807, 2.05) is 18.2 Å². The first-order chi connectivity index (χ1) is 9.11. The van der Waals surface area contributed by atoms with Gasteiger partial charge in [-0.1, -0.05) is 6.07 Å². The van der Waals surface area contributed by atoms with Crippen molar-refractivity contribution in [3.05, 3.63) is 38.8 Å². The van der Waals surface area contributed by atoms with E-state index >= 15 is 0 Å². The summed E-state index contributed by atoms with van der Waals surface area (Å²) in [4.78, 5) is 10.7. The first kappa shape index (κ1) is 12.6. The average molecular weight is 382 g/mol. The monoisotopic (exact) mass is 382 g/mol. The van der Waals surface area contributed by atoms with Crippen LogP contribution in [-0.4, -0.2) is 9.97 Å². The molecule has 2 aromatic heterocycles. The molecule has 1 aromatic carbocycles. The fourth-order valence-corrected chi connectivity index (χ4v) is 3.29. The maximum atomic E-state index is 5.76. The molecule has 2 heterocycles. The highest BCUT2D eigenvalue weighted by molar-refractivity contribution is 14.1. The Morgan fingerprint density at radius 1 is 1.26 bits per heavy atom. The van der Waals surface area contributed by atoms with Crippen molar-refractivity contribution >= 4 is 61.6 Å². The van der Waals surface area contributed by atoms with Crippen LogP contribution in [-0.2, 0) is 0 Å². The Labute approximate surface area is 128 Å². The van der Waals surface area contributed by atoms with E-state index in [4.69, 9.17) is 5.73 Å². The highest BCUT2D eigenvalue weighted by Gasteiger charge is 2.09. The minimum Gasteiger partial charge on any atom is -0.368 e. The minimum atomic E-state index is 0.294. The number of benzene rings is 1. The molecule has 0 aliphatic carbocycles. The van der Waals surface area contributed by atoms with E-state index in [1.54, 1.807) is 11.3 Å². The molecule has 0 radical (unpaired) electrons. The number of rotatable bonds is 2. The van der Waals surface area contributed by atoms with Gasteiger partial charge in [0.1, 0.15) is 10.6 Å². The molecular formula is C13H11IN4S. The Morgan fingerprint density at radius 3 is 2.89 bits per heavy atom. The zero-order chi connectivity index (χ0) is 13.4. The van der Waals surface area contributed by atoms with Gasteiger partial charge in [-0.3, -0.25) is 0 Å². The molecule has 96 valence electrons. The molecule has 0 amide bonds. The van der Waals surface area contributed by atoms with Gasteiger partial charge in [-0.2, -0.15) is 4.98 Å². The molecule has 0 saturated carbocycles. The summed E-state index contributed by atoms with van der Waals surface area (Å²) < 4.78 is 1.17. The molecule has 0 bridgehead atoms. The van der Waals surface area contributed by atoms with E-state index in [2.05, 4.69) is 56.9 Å². The molecule has 0 unspecified atom stereocenters. The Morgan fingerprint density at radius 2 is 2.11 bits per heavy atom. The molecule has 4 nitrogen and oxygen atoms in total. The smallest absolute Gasteiger partial charge is 0.223 e. The third kappa shape index (κ3) is 2.64. The zero-order valence-electron chi connectivity index (χ0n) is 10.1. The Kier molecular flexibility index (Phi) is 3.28. The Bertz CT molecular complexity index is 753. The molecule has 3 rings (SSSR count). The van der Waals surface area contributed by atoms with E-state index in [9.17, 15) is 0 Å². The van der Waals surface area contributed by atoms with Gasteiger partial charge in [0.2, 0.25) is 5.95 Å². The van der Waals surface area contributed by atoms with Gasteiger partial charge in [-0.15, -0.1) is 11.3 Å². The lowest BCUT2D eigenvalue weighted by Gasteiger charge is -2.07. The van der Waals surface area contributed by atoms with Crippen LogP contribution in [0, 0.1) is 10.5 Å². The van der Waals surface area contributed by atoms with Gasteiger partial charge in [-0.05, 0) is 53.8 Å². The van der Waals surface area contributed by atoms with Crippen molar-refractivity contribution in [3.8, 4) is 0 Å². The lowest BCUT2D eigenvalue weighted by molar-refractivity contribution is 1.24. The number of anilines is 3. The van der Waals surface area contributed by atoms with Crippen LogP contribution >= 0.6 is 33.9 Å². The predicted octanol–water partition coefficient (Wildman–Crippen LogP) is 3.93. The molecule has 0 saturated heterocycles. The van der Waals surface area contributed by atoms with Crippen molar-refractivity contribution in [2.45, 2.75) is 6.92 Å². The second-order valence-electron chi connectivity index (χ2n) is 4.14. The second-order valence-corrected chi connectivity index (χ2v) is 6.62. The van der Waals surface area contributed by atoms with Gasteiger partial charge >= 0.3 is 0 Å². The van der Waals surface area contributed by atoms with E-state index in [1.165, 1.54) is 8.45 Å². The summed E-state index contributed by atoms with van der Waals surface area (Å²) in [6.45, 7) is 2.05. The normalized spacial score (nSPS) is 10.8. The molecule has 3 N–H and O–H groups in total. The molecule has 3 aromatic rings. The van der Waals surface area contributed by atoms with Crippen LogP contribution in [0.5, 0.6) is 0 Å². The number of halogens is 1. The lowest BCUT2D eigenvalue weighted by atomic mass is 10.3. The molecule has 0 spiro atoms. The largest absolute Gasteiger partial charge is 0.368 e. The van der Waals surface area contributed by atoms with Crippen molar-refractivity contribution in [3.63, 3.8) is 0 Å². The van der Waals surface area contributed by atoms with Crippen molar-refractivity contribution in [1.82, 2.24) is 9.97 Å². The third-order valence-electron chi connectivity index (χ3n) is 2.62.